The summed E-state index contributed by atoms with van der Waals surface area (Å²) >= 11 is 1.63. The van der Waals surface area contributed by atoms with Gasteiger partial charge in [-0.1, -0.05) is 30.3 Å². The molecule has 0 aliphatic carbocycles. The van der Waals surface area contributed by atoms with Crippen molar-refractivity contribution in [3.63, 3.8) is 0 Å². The van der Waals surface area contributed by atoms with Crippen molar-refractivity contribution in [1.29, 1.82) is 0 Å². The first kappa shape index (κ1) is 13.5. The standard InChI is InChI=1S/C15H15N5S/c1-10-9-21-14(18-10)8-17-13-7-12(16)19-15(20-13)11-5-3-2-4-6-11/h2-7,9H,8H2,1H3,(H3,16,17,19,20). The average molecular weight is 297 g/mol. The van der Waals surface area contributed by atoms with Crippen LogP contribution in [0.4, 0.5) is 11.6 Å². The third kappa shape index (κ3) is 3.35. The molecule has 3 N–H and O–H groups in total. The van der Waals surface area contributed by atoms with Crippen molar-refractivity contribution in [2.75, 3.05) is 11.1 Å². The number of aryl methyl sites for hydroxylation is 1. The van der Waals surface area contributed by atoms with Crippen LogP contribution in [0, 0.1) is 6.92 Å². The Morgan fingerprint density at radius 2 is 1.95 bits per heavy atom. The van der Waals surface area contributed by atoms with E-state index >= 15 is 0 Å². The lowest BCUT2D eigenvalue weighted by Crippen LogP contribution is -2.04. The van der Waals surface area contributed by atoms with Crippen LogP contribution in [0.1, 0.15) is 10.7 Å². The molecule has 0 saturated carbocycles. The quantitative estimate of drug-likeness (QED) is 0.774. The van der Waals surface area contributed by atoms with E-state index in [0.29, 0.717) is 24.0 Å². The summed E-state index contributed by atoms with van der Waals surface area (Å²) in [5, 5.41) is 6.29. The van der Waals surface area contributed by atoms with Crippen LogP contribution in [0.25, 0.3) is 11.4 Å². The molecule has 0 bridgehead atoms. The molecule has 0 amide bonds. The van der Waals surface area contributed by atoms with E-state index in [1.807, 2.05) is 42.6 Å². The van der Waals surface area contributed by atoms with Crippen molar-refractivity contribution < 1.29 is 0 Å². The Bertz CT molecular complexity index is 739. The van der Waals surface area contributed by atoms with Crippen LogP contribution in [-0.2, 0) is 6.54 Å². The molecule has 3 rings (SSSR count). The molecule has 3 aromatic rings. The summed E-state index contributed by atoms with van der Waals surface area (Å²) in [6.45, 7) is 2.61. The minimum Gasteiger partial charge on any atom is -0.384 e. The first-order chi connectivity index (χ1) is 10.2. The Morgan fingerprint density at radius 3 is 2.67 bits per heavy atom. The number of thiazole rings is 1. The first-order valence-corrected chi connectivity index (χ1v) is 7.43. The lowest BCUT2D eigenvalue weighted by Gasteiger charge is -2.07. The molecule has 0 radical (unpaired) electrons. The SMILES string of the molecule is Cc1csc(CNc2cc(N)nc(-c3ccccc3)n2)n1. The summed E-state index contributed by atoms with van der Waals surface area (Å²) in [6, 6.07) is 11.5. The van der Waals surface area contributed by atoms with E-state index in [2.05, 4.69) is 20.3 Å². The maximum Gasteiger partial charge on any atom is 0.163 e. The van der Waals surface area contributed by atoms with Gasteiger partial charge in [-0.2, -0.15) is 0 Å². The van der Waals surface area contributed by atoms with E-state index in [9.17, 15) is 0 Å². The number of aromatic nitrogens is 3. The molecule has 1 aromatic carbocycles. The third-order valence-electron chi connectivity index (χ3n) is 2.87. The molecule has 5 nitrogen and oxygen atoms in total. The fourth-order valence-electron chi connectivity index (χ4n) is 1.92. The largest absolute Gasteiger partial charge is 0.384 e. The van der Waals surface area contributed by atoms with Gasteiger partial charge in [-0.25, -0.2) is 15.0 Å². The fourth-order valence-corrected chi connectivity index (χ4v) is 2.63. The summed E-state index contributed by atoms with van der Waals surface area (Å²) < 4.78 is 0. The van der Waals surface area contributed by atoms with Gasteiger partial charge >= 0.3 is 0 Å². The fraction of sp³-hybridized carbons (Fsp3) is 0.133. The first-order valence-electron chi connectivity index (χ1n) is 6.55. The molecule has 0 saturated heterocycles. The molecular formula is C15H15N5S. The number of nitrogen functional groups attached to an aromatic ring is 1. The Morgan fingerprint density at radius 1 is 1.14 bits per heavy atom. The molecule has 2 aromatic heterocycles. The van der Waals surface area contributed by atoms with Gasteiger partial charge in [0.1, 0.15) is 16.6 Å². The van der Waals surface area contributed by atoms with Crippen molar-refractivity contribution in [2.24, 2.45) is 0 Å². The average Bonchev–Trinajstić information content (AvgIpc) is 2.91. The van der Waals surface area contributed by atoms with Crippen LogP contribution < -0.4 is 11.1 Å². The van der Waals surface area contributed by atoms with Crippen LogP contribution >= 0.6 is 11.3 Å². The Balaban J connectivity index is 1.81. The van der Waals surface area contributed by atoms with Gasteiger partial charge in [-0.3, -0.25) is 0 Å². The smallest absolute Gasteiger partial charge is 0.163 e. The topological polar surface area (TPSA) is 76.7 Å². The van der Waals surface area contributed by atoms with Gasteiger partial charge in [0.2, 0.25) is 0 Å². The van der Waals surface area contributed by atoms with Crippen LogP contribution in [0.5, 0.6) is 0 Å². The van der Waals surface area contributed by atoms with Crippen LogP contribution in [0.15, 0.2) is 41.8 Å². The highest BCUT2D eigenvalue weighted by Gasteiger charge is 2.06. The number of hydrogen-bond acceptors (Lipinski definition) is 6. The van der Waals surface area contributed by atoms with Crippen LogP contribution in [-0.4, -0.2) is 15.0 Å². The number of nitrogens with zero attached hydrogens (tertiary/aromatic N) is 3. The minimum absolute atomic E-state index is 0.446. The number of hydrogen-bond donors (Lipinski definition) is 2. The van der Waals surface area contributed by atoms with E-state index in [1.165, 1.54) is 0 Å². The van der Waals surface area contributed by atoms with Crippen LogP contribution in [0.2, 0.25) is 0 Å². The van der Waals surface area contributed by atoms with Crippen molar-refractivity contribution in [3.8, 4) is 11.4 Å². The number of rotatable bonds is 4. The van der Waals surface area contributed by atoms with Gasteiger partial charge in [-0.15, -0.1) is 11.3 Å². The van der Waals surface area contributed by atoms with Crippen molar-refractivity contribution in [1.82, 2.24) is 15.0 Å². The molecule has 2 heterocycles. The second kappa shape index (κ2) is 5.88. The molecule has 0 atom stereocenters. The molecule has 6 heteroatoms. The number of benzene rings is 1. The van der Waals surface area contributed by atoms with Crippen LogP contribution in [0.3, 0.4) is 0 Å². The Kier molecular flexibility index (Phi) is 3.79. The normalized spacial score (nSPS) is 10.5. The van der Waals surface area contributed by atoms with Crippen molar-refractivity contribution in [2.45, 2.75) is 13.5 Å². The molecule has 21 heavy (non-hydrogen) atoms. The highest BCUT2D eigenvalue weighted by Crippen LogP contribution is 2.19. The zero-order valence-electron chi connectivity index (χ0n) is 11.6. The zero-order chi connectivity index (χ0) is 14.7. The molecular weight excluding hydrogens is 282 g/mol. The second-order valence-corrected chi connectivity index (χ2v) is 5.55. The second-order valence-electron chi connectivity index (χ2n) is 4.60. The summed E-state index contributed by atoms with van der Waals surface area (Å²) in [4.78, 5) is 13.2. The molecule has 0 fully saturated rings. The summed E-state index contributed by atoms with van der Waals surface area (Å²) in [7, 11) is 0. The minimum atomic E-state index is 0.446. The molecule has 0 spiro atoms. The number of nitrogens with one attached hydrogen (secondary N) is 1. The molecule has 0 aliphatic rings. The molecule has 0 unspecified atom stereocenters. The predicted molar refractivity (Wildman–Crippen MR) is 86.1 cm³/mol. The predicted octanol–water partition coefficient (Wildman–Crippen LogP) is 3.10. The Hall–Kier alpha value is -2.47. The zero-order valence-corrected chi connectivity index (χ0v) is 12.4. The lowest BCUT2D eigenvalue weighted by molar-refractivity contribution is 1.05. The maximum absolute atomic E-state index is 5.87. The van der Waals surface area contributed by atoms with E-state index in [0.717, 1.165) is 16.3 Å². The summed E-state index contributed by atoms with van der Waals surface area (Å²) in [6.07, 6.45) is 0. The molecule has 0 aliphatic heterocycles. The number of anilines is 2. The monoisotopic (exact) mass is 297 g/mol. The van der Waals surface area contributed by atoms with Crippen molar-refractivity contribution in [3.05, 3.63) is 52.5 Å². The maximum atomic E-state index is 5.87. The molecule has 106 valence electrons. The van der Waals surface area contributed by atoms with Gasteiger partial charge < -0.3 is 11.1 Å². The van der Waals surface area contributed by atoms with Gasteiger partial charge in [0.05, 0.1) is 6.54 Å². The lowest BCUT2D eigenvalue weighted by atomic mass is 10.2. The highest BCUT2D eigenvalue weighted by atomic mass is 32.1. The highest BCUT2D eigenvalue weighted by molar-refractivity contribution is 7.09. The third-order valence-corrected chi connectivity index (χ3v) is 3.83. The van der Waals surface area contributed by atoms with Gasteiger partial charge in [0.15, 0.2) is 5.82 Å². The number of nitrogens with two attached hydrogens (primary N) is 1. The van der Waals surface area contributed by atoms with Crippen molar-refractivity contribution >= 4 is 23.0 Å². The Labute approximate surface area is 126 Å². The summed E-state index contributed by atoms with van der Waals surface area (Å²) in [5.41, 5.74) is 7.84. The van der Waals surface area contributed by atoms with Gasteiger partial charge in [-0.05, 0) is 6.92 Å². The van der Waals surface area contributed by atoms with E-state index in [1.54, 1.807) is 17.4 Å². The van der Waals surface area contributed by atoms with E-state index < -0.39 is 0 Å². The van der Waals surface area contributed by atoms with Gasteiger partial charge in [0, 0.05) is 22.7 Å². The van der Waals surface area contributed by atoms with Gasteiger partial charge in [0.25, 0.3) is 0 Å². The summed E-state index contributed by atoms with van der Waals surface area (Å²) in [5.74, 6) is 1.77. The van der Waals surface area contributed by atoms with E-state index in [-0.39, 0.29) is 0 Å². The van der Waals surface area contributed by atoms with E-state index in [4.69, 9.17) is 5.73 Å².